The summed E-state index contributed by atoms with van der Waals surface area (Å²) in [5, 5.41) is 2.07. The smallest absolute Gasteiger partial charge is 0.227 e. The predicted octanol–water partition coefficient (Wildman–Crippen LogP) is 15.1. The summed E-state index contributed by atoms with van der Waals surface area (Å²) in [6.07, 6.45) is 0. The molecule has 0 N–H and O–H groups in total. The Morgan fingerprint density at radius 1 is 0.390 bits per heavy atom. The maximum Gasteiger partial charge on any atom is 0.227 e. The molecule has 12 rings (SSSR count). The molecule has 2 heterocycles. The molecule has 2 aliphatic rings. The first-order chi connectivity index (χ1) is 28.7. The van der Waals surface area contributed by atoms with E-state index in [1.807, 2.05) is 36.4 Å². The zero-order chi connectivity index (χ0) is 39.6. The molecule has 0 amide bonds. The molecule has 0 radical (unpaired) electrons. The summed E-state index contributed by atoms with van der Waals surface area (Å²) in [4.78, 5) is 7.20. The summed E-state index contributed by atoms with van der Waals surface area (Å²) < 4.78 is 12.7. The molecule has 4 heteroatoms. The molecule has 2 aliphatic carbocycles. The third kappa shape index (κ3) is 4.99. The SMILES string of the molecule is CC1(C)c2ccccc2-c2ccc(N(c3ccc(-c4ccc5c(c4)oc4cc6nc(-c7ccccc7)oc6cc45)cc3)c3ccc4c(c3)C(C)(C)c3ccccc3-4)cc21. The van der Waals surface area contributed by atoms with Gasteiger partial charge in [0.1, 0.15) is 16.7 Å². The Labute approximate surface area is 343 Å². The van der Waals surface area contributed by atoms with Crippen molar-refractivity contribution >= 4 is 50.1 Å². The van der Waals surface area contributed by atoms with Crippen LogP contribution in [0.25, 0.3) is 77.9 Å². The van der Waals surface area contributed by atoms with Crippen molar-refractivity contribution in [1.29, 1.82) is 0 Å². The maximum absolute atomic E-state index is 6.48. The number of anilines is 3. The molecule has 10 aromatic rings. The Kier molecular flexibility index (Phi) is 7.00. The van der Waals surface area contributed by atoms with Gasteiger partial charge in [-0.05, 0) is 122 Å². The molecule has 0 bridgehead atoms. The Morgan fingerprint density at radius 2 is 0.932 bits per heavy atom. The Balaban J connectivity index is 0.941. The number of benzene rings is 8. The second-order valence-corrected chi connectivity index (χ2v) is 17.2. The summed E-state index contributed by atoms with van der Waals surface area (Å²) in [7, 11) is 0. The van der Waals surface area contributed by atoms with Gasteiger partial charge in [0.2, 0.25) is 5.89 Å². The van der Waals surface area contributed by atoms with E-state index < -0.39 is 0 Å². The van der Waals surface area contributed by atoms with E-state index in [1.54, 1.807) is 0 Å². The predicted molar refractivity (Wildman–Crippen MR) is 242 cm³/mol. The van der Waals surface area contributed by atoms with Crippen molar-refractivity contribution in [3.63, 3.8) is 0 Å². The minimum Gasteiger partial charge on any atom is -0.456 e. The number of hydrogen-bond donors (Lipinski definition) is 0. The average Bonchev–Trinajstić information content (AvgIpc) is 3.97. The van der Waals surface area contributed by atoms with Gasteiger partial charge in [0.15, 0.2) is 5.58 Å². The van der Waals surface area contributed by atoms with E-state index in [2.05, 4.69) is 166 Å². The topological polar surface area (TPSA) is 42.4 Å². The Morgan fingerprint density at radius 3 is 1.58 bits per heavy atom. The molecule has 0 atom stereocenters. The van der Waals surface area contributed by atoms with Gasteiger partial charge in [0, 0.05) is 50.3 Å². The molecule has 8 aromatic carbocycles. The first-order valence-corrected chi connectivity index (χ1v) is 20.4. The van der Waals surface area contributed by atoms with E-state index in [-0.39, 0.29) is 10.8 Å². The van der Waals surface area contributed by atoms with Gasteiger partial charge >= 0.3 is 0 Å². The number of hydrogen-bond acceptors (Lipinski definition) is 4. The van der Waals surface area contributed by atoms with Gasteiger partial charge in [0.05, 0.1) is 0 Å². The van der Waals surface area contributed by atoms with E-state index in [4.69, 9.17) is 13.8 Å². The maximum atomic E-state index is 6.48. The lowest BCUT2D eigenvalue weighted by molar-refractivity contribution is 0.620. The molecular weight excluding hydrogens is 721 g/mol. The molecular formula is C55H40N2O2. The van der Waals surface area contributed by atoms with Crippen LogP contribution < -0.4 is 4.90 Å². The number of aromatic nitrogens is 1. The van der Waals surface area contributed by atoms with Crippen molar-refractivity contribution < 1.29 is 8.83 Å². The monoisotopic (exact) mass is 760 g/mol. The van der Waals surface area contributed by atoms with Gasteiger partial charge < -0.3 is 13.7 Å². The van der Waals surface area contributed by atoms with Crippen LogP contribution in [0, 0.1) is 0 Å². The highest BCUT2D eigenvalue weighted by Crippen LogP contribution is 2.53. The number of oxazole rings is 1. The second kappa shape index (κ2) is 12.2. The molecule has 0 saturated carbocycles. The molecule has 0 aliphatic heterocycles. The quantitative estimate of drug-likeness (QED) is 0.175. The molecule has 59 heavy (non-hydrogen) atoms. The van der Waals surface area contributed by atoms with E-state index in [0.29, 0.717) is 5.89 Å². The number of furan rings is 1. The largest absolute Gasteiger partial charge is 0.456 e. The lowest BCUT2D eigenvalue weighted by atomic mass is 9.82. The molecule has 0 unspecified atom stereocenters. The van der Waals surface area contributed by atoms with Gasteiger partial charge in [-0.1, -0.05) is 125 Å². The minimum atomic E-state index is -0.111. The van der Waals surface area contributed by atoms with Crippen molar-refractivity contribution in [1.82, 2.24) is 4.98 Å². The molecule has 0 saturated heterocycles. The van der Waals surface area contributed by atoms with Crippen molar-refractivity contribution in [2.24, 2.45) is 0 Å². The van der Waals surface area contributed by atoms with Crippen molar-refractivity contribution in [2.45, 2.75) is 38.5 Å². The zero-order valence-electron chi connectivity index (χ0n) is 33.4. The third-order valence-electron chi connectivity index (χ3n) is 13.1. The van der Waals surface area contributed by atoms with E-state index >= 15 is 0 Å². The minimum absolute atomic E-state index is 0.111. The Hall–Kier alpha value is -7.17. The third-order valence-corrected chi connectivity index (χ3v) is 13.1. The van der Waals surface area contributed by atoms with Crippen LogP contribution in [-0.4, -0.2) is 4.98 Å². The molecule has 0 fully saturated rings. The lowest BCUT2D eigenvalue weighted by Crippen LogP contribution is -2.18. The fraction of sp³-hybridized carbons (Fsp3) is 0.109. The van der Waals surface area contributed by atoms with Crippen LogP contribution in [0.3, 0.4) is 0 Å². The fourth-order valence-electron chi connectivity index (χ4n) is 9.99. The molecule has 282 valence electrons. The van der Waals surface area contributed by atoms with Crippen molar-refractivity contribution in [2.75, 3.05) is 4.90 Å². The van der Waals surface area contributed by atoms with Crippen LogP contribution in [0.2, 0.25) is 0 Å². The van der Waals surface area contributed by atoms with Gasteiger partial charge in [-0.3, -0.25) is 0 Å². The van der Waals surface area contributed by atoms with E-state index in [1.165, 1.54) is 44.5 Å². The second-order valence-electron chi connectivity index (χ2n) is 17.2. The van der Waals surface area contributed by atoms with Crippen LogP contribution in [-0.2, 0) is 10.8 Å². The van der Waals surface area contributed by atoms with Crippen LogP contribution in [0.1, 0.15) is 49.9 Å². The summed E-state index contributed by atoms with van der Waals surface area (Å²) in [5.74, 6) is 0.609. The number of fused-ring (bicyclic) bond motifs is 10. The molecule has 2 aromatic heterocycles. The van der Waals surface area contributed by atoms with Crippen LogP contribution in [0.5, 0.6) is 0 Å². The van der Waals surface area contributed by atoms with Gasteiger partial charge in [0.25, 0.3) is 0 Å². The first-order valence-electron chi connectivity index (χ1n) is 20.4. The highest BCUT2D eigenvalue weighted by atomic mass is 16.4. The molecule has 4 nitrogen and oxygen atoms in total. The lowest BCUT2D eigenvalue weighted by Gasteiger charge is -2.30. The molecule has 0 spiro atoms. The normalized spacial score (nSPS) is 14.4. The summed E-state index contributed by atoms with van der Waals surface area (Å²) in [5.41, 5.74) is 20.3. The van der Waals surface area contributed by atoms with Gasteiger partial charge in [-0.15, -0.1) is 0 Å². The van der Waals surface area contributed by atoms with Crippen molar-refractivity contribution in [3.8, 4) is 44.8 Å². The average molecular weight is 761 g/mol. The standard InChI is InChI=1S/C55H40N2O2/c1-54(2)45-16-10-8-14-39(45)41-26-23-37(29-47(41)54)57(38-24-27-42-40-15-9-11-17-46(40)55(3,4)48(42)30-38)36-21-18-33(19-22-36)35-20-25-43-44-31-52-49(32-51(44)58-50(43)28-35)56-53(59-52)34-12-6-5-7-13-34/h5-32H,1-4H3. The summed E-state index contributed by atoms with van der Waals surface area (Å²) in [6.45, 7) is 9.41. The first kappa shape index (κ1) is 33.9. The summed E-state index contributed by atoms with van der Waals surface area (Å²) in [6, 6.07) is 61.3. The zero-order valence-corrected chi connectivity index (χ0v) is 33.4. The summed E-state index contributed by atoms with van der Waals surface area (Å²) >= 11 is 0. The van der Waals surface area contributed by atoms with E-state index in [0.717, 1.165) is 66.8 Å². The van der Waals surface area contributed by atoms with Crippen LogP contribution >= 0.6 is 0 Å². The Bertz CT molecular complexity index is 3220. The number of nitrogens with zero attached hydrogens (tertiary/aromatic N) is 2. The highest BCUT2D eigenvalue weighted by molar-refractivity contribution is 6.09. The van der Waals surface area contributed by atoms with Gasteiger partial charge in [-0.2, -0.15) is 0 Å². The van der Waals surface area contributed by atoms with Crippen LogP contribution in [0.4, 0.5) is 17.1 Å². The van der Waals surface area contributed by atoms with Gasteiger partial charge in [-0.25, -0.2) is 4.98 Å². The van der Waals surface area contributed by atoms with Crippen molar-refractivity contribution in [3.05, 3.63) is 192 Å². The van der Waals surface area contributed by atoms with Crippen LogP contribution in [0.15, 0.2) is 179 Å². The van der Waals surface area contributed by atoms with E-state index in [9.17, 15) is 0 Å². The highest BCUT2D eigenvalue weighted by Gasteiger charge is 2.37. The number of rotatable bonds is 5. The fourth-order valence-corrected chi connectivity index (χ4v) is 9.99.